The molecule has 0 bridgehead atoms. The molecule has 1 aromatic heterocycles. The summed E-state index contributed by atoms with van der Waals surface area (Å²) in [6, 6.07) is 7.31. The fraction of sp³-hybridized carbons (Fsp3) is 0.100. The minimum atomic E-state index is 0.434. The van der Waals surface area contributed by atoms with Gasteiger partial charge in [-0.3, -0.25) is 5.10 Å². The largest absolute Gasteiger partial charge is 0.377 e. The molecular weight excluding hydrogens is 226 g/mol. The third-order valence-corrected chi connectivity index (χ3v) is 2.35. The van der Waals surface area contributed by atoms with Crippen molar-refractivity contribution in [1.29, 1.82) is 5.26 Å². The average molecular weight is 234 g/mol. The van der Waals surface area contributed by atoms with Gasteiger partial charge in [0.25, 0.3) is 0 Å². The molecule has 2 N–H and O–H groups in total. The maximum atomic E-state index is 8.95. The summed E-state index contributed by atoms with van der Waals surface area (Å²) in [5.41, 5.74) is 1.12. The number of nitrogens with zero attached hydrogens (tertiary/aromatic N) is 3. The molecule has 0 unspecified atom stereocenters. The topological polar surface area (TPSA) is 77.4 Å². The highest BCUT2D eigenvalue weighted by atomic mass is 35.5. The van der Waals surface area contributed by atoms with E-state index in [4.69, 9.17) is 16.9 Å². The number of anilines is 1. The fourth-order valence-electron chi connectivity index (χ4n) is 1.28. The van der Waals surface area contributed by atoms with Gasteiger partial charge in [-0.25, -0.2) is 4.98 Å². The van der Waals surface area contributed by atoms with E-state index in [1.165, 1.54) is 6.33 Å². The van der Waals surface area contributed by atoms with Crippen LogP contribution in [0.15, 0.2) is 24.5 Å². The summed E-state index contributed by atoms with van der Waals surface area (Å²) in [6.45, 7) is 0.467. The first kappa shape index (κ1) is 10.5. The Bertz CT molecular complexity index is 515. The fourth-order valence-corrected chi connectivity index (χ4v) is 1.50. The van der Waals surface area contributed by atoms with Crippen molar-refractivity contribution < 1.29 is 0 Å². The van der Waals surface area contributed by atoms with E-state index in [2.05, 4.69) is 26.6 Å². The number of halogens is 1. The molecule has 0 saturated heterocycles. The van der Waals surface area contributed by atoms with Gasteiger partial charge in [0.1, 0.15) is 18.2 Å². The van der Waals surface area contributed by atoms with E-state index < -0.39 is 0 Å². The van der Waals surface area contributed by atoms with E-state index in [1.54, 1.807) is 18.2 Å². The van der Waals surface area contributed by atoms with Crippen LogP contribution in [0.1, 0.15) is 11.4 Å². The Labute approximate surface area is 97.1 Å². The van der Waals surface area contributed by atoms with Crippen LogP contribution >= 0.6 is 11.6 Å². The van der Waals surface area contributed by atoms with Gasteiger partial charge in [-0.15, -0.1) is 0 Å². The number of nitrogens with one attached hydrogen (secondary N) is 2. The van der Waals surface area contributed by atoms with Crippen molar-refractivity contribution in [3.05, 3.63) is 40.9 Å². The Hall–Kier alpha value is -2.06. The molecule has 5 nitrogen and oxygen atoms in total. The molecule has 16 heavy (non-hydrogen) atoms. The summed E-state index contributed by atoms with van der Waals surface area (Å²) in [6.07, 6.45) is 1.43. The molecule has 0 spiro atoms. The second-order valence-electron chi connectivity index (χ2n) is 3.06. The number of rotatable bonds is 3. The number of benzene rings is 1. The van der Waals surface area contributed by atoms with Crippen LogP contribution in [0, 0.1) is 11.3 Å². The lowest BCUT2D eigenvalue weighted by Crippen LogP contribution is -2.03. The van der Waals surface area contributed by atoms with Crippen molar-refractivity contribution >= 4 is 17.3 Å². The Balaban J connectivity index is 2.16. The quantitative estimate of drug-likeness (QED) is 0.849. The summed E-state index contributed by atoms with van der Waals surface area (Å²) in [5.74, 6) is 0.698. The molecule has 2 aromatic rings. The van der Waals surface area contributed by atoms with E-state index >= 15 is 0 Å². The first-order chi connectivity index (χ1) is 7.81. The molecule has 0 radical (unpaired) electrons. The van der Waals surface area contributed by atoms with Crippen LogP contribution in [0.3, 0.4) is 0 Å². The lowest BCUT2D eigenvalue weighted by Gasteiger charge is -2.06. The van der Waals surface area contributed by atoms with Gasteiger partial charge in [0, 0.05) is 0 Å². The van der Waals surface area contributed by atoms with Crippen LogP contribution in [0.2, 0.25) is 5.02 Å². The molecule has 0 saturated carbocycles. The minimum Gasteiger partial charge on any atom is -0.377 e. The molecule has 0 aliphatic rings. The van der Waals surface area contributed by atoms with Crippen molar-refractivity contribution in [2.24, 2.45) is 0 Å². The van der Waals surface area contributed by atoms with Gasteiger partial charge >= 0.3 is 0 Å². The van der Waals surface area contributed by atoms with Crippen LogP contribution < -0.4 is 5.32 Å². The van der Waals surface area contributed by atoms with Crippen LogP contribution in [0.25, 0.3) is 0 Å². The monoisotopic (exact) mass is 233 g/mol. The van der Waals surface area contributed by atoms with Crippen molar-refractivity contribution in [3.8, 4) is 6.07 Å². The van der Waals surface area contributed by atoms with Crippen LogP contribution in [-0.2, 0) is 6.54 Å². The smallest absolute Gasteiger partial charge is 0.143 e. The second-order valence-corrected chi connectivity index (χ2v) is 3.47. The Morgan fingerprint density at radius 1 is 1.50 bits per heavy atom. The van der Waals surface area contributed by atoms with Gasteiger partial charge in [0.05, 0.1) is 22.8 Å². The number of hydrogen-bond acceptors (Lipinski definition) is 4. The zero-order chi connectivity index (χ0) is 11.4. The van der Waals surface area contributed by atoms with Crippen molar-refractivity contribution in [2.75, 3.05) is 5.32 Å². The molecule has 0 fully saturated rings. The van der Waals surface area contributed by atoms with Gasteiger partial charge in [-0.1, -0.05) is 17.7 Å². The van der Waals surface area contributed by atoms with Crippen molar-refractivity contribution in [3.63, 3.8) is 0 Å². The van der Waals surface area contributed by atoms with Gasteiger partial charge in [-0.2, -0.15) is 10.4 Å². The lowest BCUT2D eigenvalue weighted by atomic mass is 10.2. The predicted octanol–water partition coefficient (Wildman–Crippen LogP) is 1.94. The van der Waals surface area contributed by atoms with E-state index in [-0.39, 0.29) is 0 Å². The standard InChI is InChI=1S/C10H8ClN5/c11-8-2-1-3-9(7(8)4-12)13-5-10-14-6-15-16-10/h1-3,6,13H,5H2,(H,14,15,16). The van der Waals surface area contributed by atoms with Gasteiger partial charge < -0.3 is 5.32 Å². The molecule has 6 heteroatoms. The molecular formula is C10H8ClN5. The van der Waals surface area contributed by atoms with Gasteiger partial charge in [0.15, 0.2) is 0 Å². The SMILES string of the molecule is N#Cc1c(Cl)cccc1NCc1ncn[nH]1. The lowest BCUT2D eigenvalue weighted by molar-refractivity contribution is 0.954. The van der Waals surface area contributed by atoms with Crippen LogP contribution in [0.5, 0.6) is 0 Å². The Kier molecular flexibility index (Phi) is 3.03. The Morgan fingerprint density at radius 3 is 3.06 bits per heavy atom. The summed E-state index contributed by atoms with van der Waals surface area (Å²) >= 11 is 5.89. The predicted molar refractivity (Wildman–Crippen MR) is 59.9 cm³/mol. The average Bonchev–Trinajstić information content (AvgIpc) is 2.79. The molecule has 1 heterocycles. The van der Waals surface area contributed by atoms with E-state index in [0.717, 1.165) is 0 Å². The molecule has 0 aliphatic heterocycles. The summed E-state index contributed by atoms with van der Waals surface area (Å²) < 4.78 is 0. The van der Waals surface area contributed by atoms with Crippen molar-refractivity contribution in [1.82, 2.24) is 15.2 Å². The van der Waals surface area contributed by atoms with Gasteiger partial charge in [-0.05, 0) is 12.1 Å². The summed E-state index contributed by atoms with van der Waals surface area (Å²) in [4.78, 5) is 3.96. The summed E-state index contributed by atoms with van der Waals surface area (Å²) in [5, 5.41) is 18.9. The number of aromatic nitrogens is 3. The third-order valence-electron chi connectivity index (χ3n) is 2.04. The maximum absolute atomic E-state index is 8.95. The zero-order valence-electron chi connectivity index (χ0n) is 8.24. The van der Waals surface area contributed by atoms with E-state index in [9.17, 15) is 0 Å². The number of H-pyrrole nitrogens is 1. The molecule has 0 amide bonds. The Morgan fingerprint density at radius 2 is 2.38 bits per heavy atom. The molecule has 0 aliphatic carbocycles. The zero-order valence-corrected chi connectivity index (χ0v) is 8.99. The highest BCUT2D eigenvalue weighted by Gasteiger charge is 2.06. The minimum absolute atomic E-state index is 0.434. The number of aromatic amines is 1. The second kappa shape index (κ2) is 4.64. The van der Waals surface area contributed by atoms with E-state index in [0.29, 0.717) is 28.6 Å². The molecule has 0 atom stereocenters. The maximum Gasteiger partial charge on any atom is 0.143 e. The molecule has 2 rings (SSSR count). The first-order valence-corrected chi connectivity index (χ1v) is 4.96. The highest BCUT2D eigenvalue weighted by Crippen LogP contribution is 2.23. The third kappa shape index (κ3) is 2.12. The number of nitriles is 1. The normalized spacial score (nSPS) is 9.75. The number of hydrogen-bond donors (Lipinski definition) is 2. The molecule has 1 aromatic carbocycles. The summed E-state index contributed by atoms with van der Waals surface area (Å²) in [7, 11) is 0. The highest BCUT2D eigenvalue weighted by molar-refractivity contribution is 6.32. The first-order valence-electron chi connectivity index (χ1n) is 4.58. The van der Waals surface area contributed by atoms with Crippen LogP contribution in [-0.4, -0.2) is 15.2 Å². The van der Waals surface area contributed by atoms with Gasteiger partial charge in [0.2, 0.25) is 0 Å². The van der Waals surface area contributed by atoms with E-state index in [1.807, 2.05) is 0 Å². The van der Waals surface area contributed by atoms with Crippen molar-refractivity contribution in [2.45, 2.75) is 6.54 Å². The van der Waals surface area contributed by atoms with Crippen LogP contribution in [0.4, 0.5) is 5.69 Å². The molecule has 80 valence electrons.